The molecule has 3 aliphatic rings. The van der Waals surface area contributed by atoms with Gasteiger partial charge in [0.1, 0.15) is 5.82 Å². The number of hydrogen-bond donors (Lipinski definition) is 1. The van der Waals surface area contributed by atoms with Crippen LogP contribution in [0, 0.1) is 0 Å². The van der Waals surface area contributed by atoms with Gasteiger partial charge < -0.3 is 10.2 Å². The summed E-state index contributed by atoms with van der Waals surface area (Å²) in [5.74, 6) is 1.08. The highest BCUT2D eigenvalue weighted by atomic mass is 16.2. The lowest BCUT2D eigenvalue weighted by molar-refractivity contribution is -0.132. The number of carbonyl (C=O) groups is 2. The first-order chi connectivity index (χ1) is 13.7. The Labute approximate surface area is 166 Å². The van der Waals surface area contributed by atoms with Crippen LogP contribution in [0.5, 0.6) is 0 Å². The summed E-state index contributed by atoms with van der Waals surface area (Å²) in [6.45, 7) is 6.06. The van der Waals surface area contributed by atoms with Gasteiger partial charge >= 0.3 is 0 Å². The number of anilines is 1. The Bertz CT molecular complexity index is 670. The van der Waals surface area contributed by atoms with Crippen LogP contribution < -0.4 is 5.32 Å². The zero-order valence-electron chi connectivity index (χ0n) is 16.7. The van der Waals surface area contributed by atoms with Crippen LogP contribution in [-0.2, 0) is 9.59 Å². The molecule has 0 radical (unpaired) electrons. The highest BCUT2D eigenvalue weighted by Gasteiger charge is 2.25. The van der Waals surface area contributed by atoms with E-state index in [2.05, 4.69) is 20.2 Å². The quantitative estimate of drug-likeness (QED) is 0.792. The van der Waals surface area contributed by atoms with Crippen LogP contribution in [0.3, 0.4) is 0 Å². The zero-order valence-corrected chi connectivity index (χ0v) is 16.7. The van der Waals surface area contributed by atoms with Gasteiger partial charge in [0.15, 0.2) is 0 Å². The van der Waals surface area contributed by atoms with Crippen LogP contribution in [0.15, 0.2) is 12.3 Å². The fraction of sp³-hybridized carbons (Fsp3) is 0.750. The van der Waals surface area contributed by atoms with E-state index in [1.807, 2.05) is 15.6 Å². The van der Waals surface area contributed by atoms with E-state index in [9.17, 15) is 9.59 Å². The zero-order chi connectivity index (χ0) is 19.3. The van der Waals surface area contributed by atoms with Gasteiger partial charge in [-0.3, -0.25) is 19.4 Å². The number of amides is 2. The Morgan fingerprint density at radius 2 is 1.57 bits per heavy atom. The van der Waals surface area contributed by atoms with Gasteiger partial charge in [0.05, 0.1) is 25.3 Å². The van der Waals surface area contributed by atoms with Crippen LogP contribution in [0.2, 0.25) is 0 Å². The van der Waals surface area contributed by atoms with Crippen molar-refractivity contribution in [3.63, 3.8) is 0 Å². The van der Waals surface area contributed by atoms with Crippen molar-refractivity contribution < 1.29 is 9.59 Å². The summed E-state index contributed by atoms with van der Waals surface area (Å²) in [6.07, 6.45) is 8.79. The SMILES string of the molecule is O=C(CN1CCN(CC(=O)N2CCCC2)CC1)Nc1ccnn1C1CCCC1. The lowest BCUT2D eigenvalue weighted by atomic mass is 10.2. The summed E-state index contributed by atoms with van der Waals surface area (Å²) in [6, 6.07) is 2.31. The summed E-state index contributed by atoms with van der Waals surface area (Å²) in [7, 11) is 0. The molecule has 0 aromatic carbocycles. The highest BCUT2D eigenvalue weighted by Crippen LogP contribution is 2.31. The molecule has 2 amide bonds. The molecular weight excluding hydrogens is 356 g/mol. The Morgan fingerprint density at radius 3 is 2.25 bits per heavy atom. The molecule has 1 aliphatic carbocycles. The van der Waals surface area contributed by atoms with Crippen molar-refractivity contribution in [2.75, 3.05) is 57.7 Å². The summed E-state index contributed by atoms with van der Waals surface area (Å²) in [5.41, 5.74) is 0. The molecule has 1 saturated carbocycles. The van der Waals surface area contributed by atoms with E-state index >= 15 is 0 Å². The average Bonchev–Trinajstić information content (AvgIpc) is 3.45. The smallest absolute Gasteiger partial charge is 0.239 e. The van der Waals surface area contributed by atoms with Crippen molar-refractivity contribution in [3.05, 3.63) is 12.3 Å². The van der Waals surface area contributed by atoms with Gasteiger partial charge in [-0.1, -0.05) is 12.8 Å². The summed E-state index contributed by atoms with van der Waals surface area (Å²) >= 11 is 0. The molecule has 0 bridgehead atoms. The Kier molecular flexibility index (Phi) is 6.26. The monoisotopic (exact) mass is 388 g/mol. The number of rotatable bonds is 6. The molecule has 3 heterocycles. The third kappa shape index (κ3) is 4.72. The van der Waals surface area contributed by atoms with Gasteiger partial charge in [-0.25, -0.2) is 4.68 Å². The van der Waals surface area contributed by atoms with Crippen LogP contribution in [-0.4, -0.2) is 88.7 Å². The van der Waals surface area contributed by atoms with Crippen molar-refractivity contribution in [1.82, 2.24) is 24.5 Å². The van der Waals surface area contributed by atoms with Crippen molar-refractivity contribution in [3.8, 4) is 0 Å². The van der Waals surface area contributed by atoms with Crippen molar-refractivity contribution >= 4 is 17.6 Å². The molecule has 2 aliphatic heterocycles. The number of hydrogen-bond acceptors (Lipinski definition) is 5. The number of nitrogens with one attached hydrogen (secondary N) is 1. The molecule has 0 spiro atoms. The average molecular weight is 389 g/mol. The minimum absolute atomic E-state index is 0.0151. The summed E-state index contributed by atoms with van der Waals surface area (Å²) in [4.78, 5) is 31.2. The lowest BCUT2D eigenvalue weighted by Gasteiger charge is -2.34. The molecule has 1 aromatic rings. The lowest BCUT2D eigenvalue weighted by Crippen LogP contribution is -2.51. The fourth-order valence-corrected chi connectivity index (χ4v) is 4.60. The number of likely N-dealkylation sites (tertiary alicyclic amines) is 1. The molecule has 4 rings (SSSR count). The van der Waals surface area contributed by atoms with Crippen molar-refractivity contribution in [2.45, 2.75) is 44.6 Å². The predicted molar refractivity (Wildman–Crippen MR) is 107 cm³/mol. The number of nitrogens with zero attached hydrogens (tertiary/aromatic N) is 5. The van der Waals surface area contributed by atoms with Crippen LogP contribution >= 0.6 is 0 Å². The second kappa shape index (κ2) is 9.05. The van der Waals surface area contributed by atoms with Crippen LogP contribution in [0.25, 0.3) is 0 Å². The first-order valence-corrected chi connectivity index (χ1v) is 10.7. The molecule has 2 saturated heterocycles. The molecule has 8 heteroatoms. The summed E-state index contributed by atoms with van der Waals surface area (Å²) < 4.78 is 1.98. The topological polar surface area (TPSA) is 73.7 Å². The molecule has 0 unspecified atom stereocenters. The second-order valence-electron chi connectivity index (χ2n) is 8.29. The molecule has 8 nitrogen and oxygen atoms in total. The van der Waals surface area contributed by atoms with E-state index in [1.54, 1.807) is 6.20 Å². The number of piperazine rings is 1. The Balaban J connectivity index is 1.20. The normalized spacial score (nSPS) is 22.1. The van der Waals surface area contributed by atoms with Gasteiger partial charge in [0, 0.05) is 45.3 Å². The van der Waals surface area contributed by atoms with Gasteiger partial charge in [-0.15, -0.1) is 0 Å². The van der Waals surface area contributed by atoms with Gasteiger partial charge in [-0.05, 0) is 25.7 Å². The molecule has 3 fully saturated rings. The highest BCUT2D eigenvalue weighted by molar-refractivity contribution is 5.91. The third-order valence-electron chi connectivity index (χ3n) is 6.26. The first kappa shape index (κ1) is 19.4. The van der Waals surface area contributed by atoms with Crippen molar-refractivity contribution in [1.29, 1.82) is 0 Å². The Hall–Kier alpha value is -1.93. The number of aromatic nitrogens is 2. The number of carbonyl (C=O) groups excluding carboxylic acids is 2. The molecule has 1 aromatic heterocycles. The first-order valence-electron chi connectivity index (χ1n) is 10.7. The molecular formula is C20H32N6O2. The van der Waals surface area contributed by atoms with Gasteiger partial charge in [0.25, 0.3) is 0 Å². The van der Waals surface area contributed by atoms with Crippen LogP contribution in [0.4, 0.5) is 5.82 Å². The van der Waals surface area contributed by atoms with E-state index in [-0.39, 0.29) is 11.8 Å². The van der Waals surface area contributed by atoms with E-state index in [1.165, 1.54) is 12.8 Å². The molecule has 154 valence electrons. The van der Waals surface area contributed by atoms with Gasteiger partial charge in [-0.2, -0.15) is 5.10 Å². The molecule has 28 heavy (non-hydrogen) atoms. The van der Waals surface area contributed by atoms with Crippen LogP contribution in [0.1, 0.15) is 44.6 Å². The van der Waals surface area contributed by atoms with E-state index < -0.39 is 0 Å². The fourth-order valence-electron chi connectivity index (χ4n) is 4.60. The third-order valence-corrected chi connectivity index (χ3v) is 6.26. The maximum absolute atomic E-state index is 12.5. The minimum Gasteiger partial charge on any atom is -0.342 e. The summed E-state index contributed by atoms with van der Waals surface area (Å²) in [5, 5.41) is 7.45. The maximum Gasteiger partial charge on any atom is 0.239 e. The maximum atomic E-state index is 12.5. The molecule has 0 atom stereocenters. The van der Waals surface area contributed by atoms with Crippen molar-refractivity contribution in [2.24, 2.45) is 0 Å². The van der Waals surface area contributed by atoms with E-state index in [0.717, 1.165) is 70.8 Å². The standard InChI is InChI=1S/C20H32N6O2/c27-19(22-18-7-8-21-26(18)17-5-1-2-6-17)15-23-11-13-24(14-12-23)16-20(28)25-9-3-4-10-25/h7-8,17H,1-6,9-16H2,(H,22,27). The molecule has 1 N–H and O–H groups in total. The van der Waals surface area contributed by atoms with Gasteiger partial charge in [0.2, 0.25) is 11.8 Å². The van der Waals surface area contributed by atoms with E-state index in [4.69, 9.17) is 0 Å². The minimum atomic E-state index is 0.0151. The van der Waals surface area contributed by atoms with E-state index in [0.29, 0.717) is 19.1 Å². The second-order valence-corrected chi connectivity index (χ2v) is 8.29. The largest absolute Gasteiger partial charge is 0.342 e. The Morgan fingerprint density at radius 1 is 0.929 bits per heavy atom. The predicted octanol–water partition coefficient (Wildman–Crippen LogP) is 1.18.